The van der Waals surface area contributed by atoms with E-state index in [9.17, 15) is 17.6 Å². The molecule has 1 amide bonds. The van der Waals surface area contributed by atoms with Crippen LogP contribution < -0.4 is 4.90 Å². The molecule has 0 radical (unpaired) electrons. The number of carbonyl (C=O) groups is 1. The van der Waals surface area contributed by atoms with Gasteiger partial charge < -0.3 is 9.80 Å². The van der Waals surface area contributed by atoms with E-state index in [2.05, 4.69) is 15.2 Å². The molecule has 2 aliphatic rings. The number of nitrogens with zero attached hydrogens (tertiary/aromatic N) is 3. The van der Waals surface area contributed by atoms with Crippen LogP contribution in [-0.2, 0) is 14.6 Å². The second-order valence-electron chi connectivity index (χ2n) is 8.62. The standard InChI is InChI=1S/C21H28FN3O3S2/c1-21(2)20(26)25(15-30(21,27)28)8-4-3-7-23-9-11-24(12-10-23)18-14-29-19-13-16(22)5-6-17(18)19/h5-6,13-14H,3-4,7-12,15H2,1-2H3. The molecule has 1 aromatic carbocycles. The van der Waals surface area contributed by atoms with Gasteiger partial charge in [-0.25, -0.2) is 12.8 Å². The van der Waals surface area contributed by atoms with Crippen molar-refractivity contribution in [1.82, 2.24) is 9.80 Å². The van der Waals surface area contributed by atoms with E-state index in [1.165, 1.54) is 30.5 Å². The number of unbranched alkanes of at least 4 members (excludes halogenated alkanes) is 1. The molecule has 0 atom stereocenters. The zero-order valence-corrected chi connectivity index (χ0v) is 19.1. The van der Waals surface area contributed by atoms with Gasteiger partial charge in [-0.2, -0.15) is 0 Å². The summed E-state index contributed by atoms with van der Waals surface area (Å²) in [5.74, 6) is -0.632. The summed E-state index contributed by atoms with van der Waals surface area (Å²) in [5, 5.41) is 3.23. The lowest BCUT2D eigenvalue weighted by atomic mass is 10.1. The Morgan fingerprint density at radius 2 is 1.80 bits per heavy atom. The van der Waals surface area contributed by atoms with Crippen LogP contribution in [0, 0.1) is 5.82 Å². The molecule has 0 aliphatic carbocycles. The van der Waals surface area contributed by atoms with Crippen LogP contribution in [0.25, 0.3) is 10.1 Å². The maximum Gasteiger partial charge on any atom is 0.244 e. The van der Waals surface area contributed by atoms with Crippen LogP contribution in [0.15, 0.2) is 23.6 Å². The summed E-state index contributed by atoms with van der Waals surface area (Å²) in [7, 11) is -3.39. The van der Waals surface area contributed by atoms with Crippen molar-refractivity contribution in [3.8, 4) is 0 Å². The van der Waals surface area contributed by atoms with Gasteiger partial charge in [0.25, 0.3) is 0 Å². The van der Waals surface area contributed by atoms with Gasteiger partial charge in [-0.05, 0) is 51.4 Å². The molecule has 2 aromatic rings. The summed E-state index contributed by atoms with van der Waals surface area (Å²) in [6.45, 7) is 8.22. The van der Waals surface area contributed by atoms with E-state index in [-0.39, 0.29) is 17.6 Å². The van der Waals surface area contributed by atoms with E-state index in [0.717, 1.165) is 55.7 Å². The first-order chi connectivity index (χ1) is 14.2. The molecule has 0 N–H and O–H groups in total. The molecule has 0 unspecified atom stereocenters. The van der Waals surface area contributed by atoms with Crippen molar-refractivity contribution in [3.63, 3.8) is 0 Å². The van der Waals surface area contributed by atoms with Crippen molar-refractivity contribution in [3.05, 3.63) is 29.4 Å². The van der Waals surface area contributed by atoms with E-state index in [0.29, 0.717) is 6.54 Å². The van der Waals surface area contributed by atoms with Crippen LogP contribution in [0.3, 0.4) is 0 Å². The number of anilines is 1. The minimum atomic E-state index is -3.39. The fraction of sp³-hybridized carbons (Fsp3) is 0.571. The Bertz CT molecular complexity index is 1040. The van der Waals surface area contributed by atoms with Crippen molar-refractivity contribution in [2.45, 2.75) is 31.4 Å². The lowest BCUT2D eigenvalue weighted by Gasteiger charge is -2.36. The second-order valence-corrected chi connectivity index (χ2v) is 12.0. The third-order valence-corrected chi connectivity index (χ3v) is 9.60. The van der Waals surface area contributed by atoms with Crippen molar-refractivity contribution in [1.29, 1.82) is 0 Å². The average Bonchev–Trinajstić information content (AvgIpc) is 3.18. The molecule has 0 saturated carbocycles. The Kier molecular flexibility index (Phi) is 5.80. The van der Waals surface area contributed by atoms with Gasteiger partial charge in [-0.15, -0.1) is 11.3 Å². The summed E-state index contributed by atoms with van der Waals surface area (Å²) in [6, 6.07) is 4.98. The van der Waals surface area contributed by atoms with Crippen LogP contribution in [0.4, 0.5) is 10.1 Å². The first kappa shape index (κ1) is 21.5. The van der Waals surface area contributed by atoms with Crippen molar-refractivity contribution in [2.24, 2.45) is 0 Å². The summed E-state index contributed by atoms with van der Waals surface area (Å²) in [5.41, 5.74) is 1.19. The molecule has 2 saturated heterocycles. The Morgan fingerprint density at radius 3 is 2.47 bits per heavy atom. The maximum atomic E-state index is 13.4. The third-order valence-electron chi connectivity index (χ3n) is 6.29. The molecule has 2 fully saturated rings. The SMILES string of the molecule is CC1(C)C(=O)N(CCCCN2CCN(c3csc4cc(F)ccc34)CC2)CS1(=O)=O. The van der Waals surface area contributed by atoms with Gasteiger partial charge in [0.1, 0.15) is 16.4 Å². The number of hydrogen-bond donors (Lipinski definition) is 0. The molecule has 0 spiro atoms. The summed E-state index contributed by atoms with van der Waals surface area (Å²) >= 11 is 1.58. The minimum Gasteiger partial charge on any atom is -0.368 e. The minimum absolute atomic E-state index is 0.157. The van der Waals surface area contributed by atoms with Crippen molar-refractivity contribution in [2.75, 3.05) is 50.0 Å². The molecule has 0 bridgehead atoms. The van der Waals surface area contributed by atoms with Gasteiger partial charge in [-0.1, -0.05) is 0 Å². The highest BCUT2D eigenvalue weighted by Gasteiger charge is 2.51. The van der Waals surface area contributed by atoms with E-state index >= 15 is 0 Å². The molecule has 6 nitrogen and oxygen atoms in total. The number of fused-ring (bicyclic) bond motifs is 1. The fourth-order valence-corrected chi connectivity index (χ4v) is 6.56. The smallest absolute Gasteiger partial charge is 0.244 e. The number of carbonyl (C=O) groups excluding carboxylic acids is 1. The highest BCUT2D eigenvalue weighted by Crippen LogP contribution is 2.34. The van der Waals surface area contributed by atoms with E-state index in [1.54, 1.807) is 17.4 Å². The summed E-state index contributed by atoms with van der Waals surface area (Å²) < 4.78 is 37.3. The summed E-state index contributed by atoms with van der Waals surface area (Å²) in [6.07, 6.45) is 1.74. The summed E-state index contributed by atoms with van der Waals surface area (Å²) in [4.78, 5) is 18.6. The topological polar surface area (TPSA) is 60.9 Å². The van der Waals surface area contributed by atoms with Gasteiger partial charge in [0.2, 0.25) is 5.91 Å². The molecule has 164 valence electrons. The van der Waals surface area contributed by atoms with Crippen LogP contribution in [0.2, 0.25) is 0 Å². The molecule has 9 heteroatoms. The normalized spacial score (nSPS) is 21.6. The second kappa shape index (κ2) is 8.09. The molecule has 2 aliphatic heterocycles. The van der Waals surface area contributed by atoms with Gasteiger partial charge in [-0.3, -0.25) is 9.69 Å². The zero-order chi connectivity index (χ0) is 21.5. The lowest BCUT2D eigenvalue weighted by Crippen LogP contribution is -2.46. The van der Waals surface area contributed by atoms with Gasteiger partial charge >= 0.3 is 0 Å². The first-order valence-corrected chi connectivity index (χ1v) is 12.9. The van der Waals surface area contributed by atoms with Gasteiger partial charge in [0, 0.05) is 48.2 Å². The number of hydrogen-bond acceptors (Lipinski definition) is 6. The zero-order valence-electron chi connectivity index (χ0n) is 17.4. The monoisotopic (exact) mass is 453 g/mol. The lowest BCUT2D eigenvalue weighted by molar-refractivity contribution is -0.130. The molecular formula is C21H28FN3O3S2. The van der Waals surface area contributed by atoms with Gasteiger partial charge in [0.15, 0.2) is 9.84 Å². The number of thiophene rings is 1. The maximum absolute atomic E-state index is 13.4. The van der Waals surface area contributed by atoms with E-state index in [1.807, 2.05) is 6.07 Å². The molecular weight excluding hydrogens is 425 g/mol. The number of halogens is 1. The molecule has 4 rings (SSSR count). The van der Waals surface area contributed by atoms with Crippen LogP contribution >= 0.6 is 11.3 Å². The van der Waals surface area contributed by atoms with Crippen molar-refractivity contribution < 1.29 is 17.6 Å². The first-order valence-electron chi connectivity index (χ1n) is 10.3. The number of rotatable bonds is 6. The highest BCUT2D eigenvalue weighted by atomic mass is 32.2. The number of piperazine rings is 1. The Hall–Kier alpha value is -1.71. The number of amides is 1. The van der Waals surface area contributed by atoms with Crippen LogP contribution in [-0.4, -0.2) is 74.0 Å². The fourth-order valence-electron chi connectivity index (χ4n) is 4.19. The molecule has 1 aromatic heterocycles. The van der Waals surface area contributed by atoms with Crippen LogP contribution in [0.1, 0.15) is 26.7 Å². The van der Waals surface area contributed by atoms with Crippen molar-refractivity contribution >= 4 is 42.9 Å². The van der Waals surface area contributed by atoms with E-state index in [4.69, 9.17) is 0 Å². The van der Waals surface area contributed by atoms with E-state index < -0.39 is 14.6 Å². The Labute approximate surface area is 181 Å². The quantitative estimate of drug-likeness (QED) is 0.630. The molecule has 30 heavy (non-hydrogen) atoms. The molecule has 3 heterocycles. The Morgan fingerprint density at radius 1 is 1.10 bits per heavy atom. The number of sulfone groups is 1. The van der Waals surface area contributed by atoms with Gasteiger partial charge in [0.05, 0.1) is 5.69 Å². The van der Waals surface area contributed by atoms with Crippen LogP contribution in [0.5, 0.6) is 0 Å². The average molecular weight is 454 g/mol. The Balaban J connectivity index is 1.23. The largest absolute Gasteiger partial charge is 0.368 e. The highest BCUT2D eigenvalue weighted by molar-refractivity contribution is 7.94. The predicted octanol–water partition coefficient (Wildman–Crippen LogP) is 2.94. The predicted molar refractivity (Wildman–Crippen MR) is 119 cm³/mol. The number of benzene rings is 1. The third kappa shape index (κ3) is 3.94.